The van der Waals surface area contributed by atoms with Gasteiger partial charge < -0.3 is 24.4 Å². The second kappa shape index (κ2) is 11.5. The zero-order chi connectivity index (χ0) is 26.5. The third-order valence-corrected chi connectivity index (χ3v) is 6.53. The zero-order valence-electron chi connectivity index (χ0n) is 21.0. The SMILES string of the molecule is CC(C)COc1ccc(C([O-])=C2C(=O)C(=O)N(CC[NH+]3CCOCC3)C2c2cccc([N+](=O)[O-])c2)cc1. The summed E-state index contributed by atoms with van der Waals surface area (Å²) in [6.07, 6.45) is 0. The predicted molar refractivity (Wildman–Crippen MR) is 133 cm³/mol. The fourth-order valence-corrected chi connectivity index (χ4v) is 4.57. The third kappa shape index (κ3) is 5.98. The number of carbonyl (C=O) groups excluding carboxylic acids is 2. The summed E-state index contributed by atoms with van der Waals surface area (Å²) in [5, 5.41) is 25.0. The van der Waals surface area contributed by atoms with Crippen LogP contribution in [-0.2, 0) is 14.3 Å². The molecule has 10 heteroatoms. The molecule has 1 unspecified atom stereocenters. The number of amides is 1. The molecule has 1 amide bonds. The lowest BCUT2D eigenvalue weighted by Crippen LogP contribution is -3.14. The van der Waals surface area contributed by atoms with E-state index in [0.29, 0.717) is 43.6 Å². The summed E-state index contributed by atoms with van der Waals surface area (Å²) in [4.78, 5) is 39.8. The van der Waals surface area contributed by atoms with Gasteiger partial charge in [-0.15, -0.1) is 0 Å². The van der Waals surface area contributed by atoms with E-state index in [0.717, 1.165) is 13.1 Å². The van der Waals surface area contributed by atoms with Crippen molar-refractivity contribution in [2.24, 2.45) is 5.92 Å². The molecule has 1 atom stereocenters. The van der Waals surface area contributed by atoms with Crippen LogP contribution in [0.3, 0.4) is 0 Å². The Labute approximate surface area is 215 Å². The summed E-state index contributed by atoms with van der Waals surface area (Å²) in [5.74, 6) is -1.30. The van der Waals surface area contributed by atoms with E-state index < -0.39 is 28.4 Å². The van der Waals surface area contributed by atoms with Crippen LogP contribution in [0.5, 0.6) is 5.75 Å². The van der Waals surface area contributed by atoms with E-state index in [1.165, 1.54) is 28.0 Å². The molecule has 4 rings (SSSR count). The van der Waals surface area contributed by atoms with E-state index in [1.807, 2.05) is 13.8 Å². The molecule has 0 radical (unpaired) electrons. The summed E-state index contributed by atoms with van der Waals surface area (Å²) < 4.78 is 11.1. The van der Waals surface area contributed by atoms with Crippen LogP contribution in [0.1, 0.15) is 31.0 Å². The molecule has 1 N–H and O–H groups in total. The van der Waals surface area contributed by atoms with Crippen LogP contribution in [0.25, 0.3) is 5.76 Å². The van der Waals surface area contributed by atoms with E-state index in [1.54, 1.807) is 30.3 Å². The number of carbonyl (C=O) groups is 2. The summed E-state index contributed by atoms with van der Waals surface area (Å²) >= 11 is 0. The fraction of sp³-hybridized carbons (Fsp3) is 0.407. The van der Waals surface area contributed by atoms with Gasteiger partial charge in [0.15, 0.2) is 0 Å². The van der Waals surface area contributed by atoms with Crippen LogP contribution in [-0.4, -0.2) is 67.5 Å². The Bertz CT molecular complexity index is 1190. The van der Waals surface area contributed by atoms with E-state index in [2.05, 4.69) is 0 Å². The Balaban J connectivity index is 1.71. The quantitative estimate of drug-likeness (QED) is 0.174. The Kier molecular flexibility index (Phi) is 8.20. The topological polar surface area (TPSA) is 126 Å². The number of non-ortho nitro benzene ring substituents is 1. The minimum absolute atomic E-state index is 0.179. The van der Waals surface area contributed by atoms with Gasteiger partial charge in [-0.05, 0) is 29.2 Å². The monoisotopic (exact) mass is 509 g/mol. The maximum absolute atomic E-state index is 13.6. The number of ether oxygens (including phenoxy) is 2. The molecule has 2 fully saturated rings. The van der Waals surface area contributed by atoms with Crippen LogP contribution in [0.2, 0.25) is 0 Å². The van der Waals surface area contributed by atoms with E-state index in [9.17, 15) is 24.8 Å². The minimum atomic E-state index is -1.01. The van der Waals surface area contributed by atoms with Gasteiger partial charge in [0, 0.05) is 17.7 Å². The molecule has 37 heavy (non-hydrogen) atoms. The fourth-order valence-electron chi connectivity index (χ4n) is 4.57. The number of nitro benzene ring substituents is 1. The summed E-state index contributed by atoms with van der Waals surface area (Å²) in [5.41, 5.74) is 0.217. The predicted octanol–water partition coefficient (Wildman–Crippen LogP) is 0.769. The summed E-state index contributed by atoms with van der Waals surface area (Å²) in [7, 11) is 0. The molecule has 0 saturated carbocycles. The largest absolute Gasteiger partial charge is 0.872 e. The lowest BCUT2D eigenvalue weighted by Gasteiger charge is -2.30. The second-order valence-electron chi connectivity index (χ2n) is 9.67. The number of quaternary nitrogens is 1. The molecule has 0 aliphatic carbocycles. The molecule has 196 valence electrons. The van der Waals surface area contributed by atoms with Crippen molar-refractivity contribution in [3.05, 3.63) is 75.3 Å². The van der Waals surface area contributed by atoms with Crippen LogP contribution < -0.4 is 14.7 Å². The smallest absolute Gasteiger partial charge is 0.295 e. The maximum Gasteiger partial charge on any atom is 0.295 e. The van der Waals surface area contributed by atoms with Crippen LogP contribution in [0.4, 0.5) is 5.69 Å². The molecular formula is C27H31N3O7. The first-order valence-electron chi connectivity index (χ1n) is 12.4. The Hall–Kier alpha value is -3.76. The number of Topliss-reactive ketones (excluding diaryl/α,β-unsaturated/α-hetero) is 1. The van der Waals surface area contributed by atoms with Crippen molar-refractivity contribution < 1.29 is 34.0 Å². The molecule has 10 nitrogen and oxygen atoms in total. The molecule has 2 aromatic rings. The highest BCUT2D eigenvalue weighted by Gasteiger charge is 2.44. The number of morpholine rings is 1. The van der Waals surface area contributed by atoms with Gasteiger partial charge in [0.05, 0.1) is 43.9 Å². The van der Waals surface area contributed by atoms with Crippen LogP contribution in [0.15, 0.2) is 54.1 Å². The van der Waals surface area contributed by atoms with Gasteiger partial charge in [0.1, 0.15) is 18.8 Å². The van der Waals surface area contributed by atoms with Gasteiger partial charge in [-0.25, -0.2) is 0 Å². The van der Waals surface area contributed by atoms with Crippen molar-refractivity contribution in [3.8, 4) is 5.75 Å². The number of nitrogens with one attached hydrogen (secondary N) is 1. The van der Waals surface area contributed by atoms with Gasteiger partial charge in [-0.1, -0.05) is 43.9 Å². The number of nitrogens with zero attached hydrogens (tertiary/aromatic N) is 2. The number of ketones is 1. The lowest BCUT2D eigenvalue weighted by molar-refractivity contribution is -0.907. The van der Waals surface area contributed by atoms with Gasteiger partial charge in [0.2, 0.25) is 5.78 Å². The molecule has 0 aromatic heterocycles. The first-order chi connectivity index (χ1) is 17.8. The number of hydrogen-bond acceptors (Lipinski definition) is 7. The van der Waals surface area contributed by atoms with Gasteiger partial charge in [-0.2, -0.15) is 0 Å². The molecule has 0 spiro atoms. The highest BCUT2D eigenvalue weighted by molar-refractivity contribution is 6.46. The Morgan fingerprint density at radius 3 is 2.51 bits per heavy atom. The number of benzene rings is 2. The molecular weight excluding hydrogens is 478 g/mol. The van der Waals surface area contributed by atoms with Gasteiger partial charge in [0.25, 0.3) is 11.6 Å². The third-order valence-electron chi connectivity index (χ3n) is 6.53. The first-order valence-corrected chi connectivity index (χ1v) is 12.4. The van der Waals surface area contributed by atoms with Crippen molar-refractivity contribution in [1.29, 1.82) is 0 Å². The average molecular weight is 510 g/mol. The standard InChI is InChI=1S/C27H31N3O7/c1-18(2)17-37-22-8-6-19(7-9-22)25(31)23-24(20-4-3-5-21(16-20)30(34)35)29(27(33)26(23)32)11-10-28-12-14-36-15-13-28/h3-9,16,18,24,31H,10-15,17H2,1-2H3. The van der Waals surface area contributed by atoms with Crippen molar-refractivity contribution in [1.82, 2.24) is 4.90 Å². The van der Waals surface area contributed by atoms with E-state index in [-0.39, 0.29) is 23.4 Å². The van der Waals surface area contributed by atoms with Gasteiger partial charge >= 0.3 is 0 Å². The van der Waals surface area contributed by atoms with Crippen molar-refractivity contribution >= 4 is 23.1 Å². The molecule has 0 bridgehead atoms. The van der Waals surface area contributed by atoms with Crippen LogP contribution in [0, 0.1) is 16.0 Å². The lowest BCUT2D eigenvalue weighted by atomic mass is 9.95. The zero-order valence-corrected chi connectivity index (χ0v) is 21.0. The van der Waals surface area contributed by atoms with E-state index >= 15 is 0 Å². The Morgan fingerprint density at radius 1 is 1.16 bits per heavy atom. The molecule has 2 aliphatic heterocycles. The minimum Gasteiger partial charge on any atom is -0.872 e. The second-order valence-corrected chi connectivity index (χ2v) is 9.67. The number of hydrogen-bond donors (Lipinski definition) is 1. The van der Waals surface area contributed by atoms with Crippen molar-refractivity contribution in [2.45, 2.75) is 19.9 Å². The Morgan fingerprint density at radius 2 is 1.86 bits per heavy atom. The molecule has 2 saturated heterocycles. The molecule has 2 aromatic carbocycles. The molecule has 2 heterocycles. The maximum atomic E-state index is 13.6. The number of nitro groups is 1. The molecule has 2 aliphatic rings. The number of likely N-dealkylation sites (tertiary alicyclic amines) is 1. The van der Waals surface area contributed by atoms with Crippen molar-refractivity contribution in [2.75, 3.05) is 46.0 Å². The van der Waals surface area contributed by atoms with Crippen molar-refractivity contribution in [3.63, 3.8) is 0 Å². The highest BCUT2D eigenvalue weighted by Crippen LogP contribution is 2.39. The average Bonchev–Trinajstić information content (AvgIpc) is 3.16. The summed E-state index contributed by atoms with van der Waals surface area (Å²) in [6.45, 7) is 8.15. The van der Waals surface area contributed by atoms with Gasteiger partial charge in [-0.3, -0.25) is 19.7 Å². The van der Waals surface area contributed by atoms with Crippen LogP contribution >= 0.6 is 0 Å². The normalized spacial score (nSPS) is 20.0. The number of rotatable bonds is 9. The first kappa shape index (κ1) is 26.3. The summed E-state index contributed by atoms with van der Waals surface area (Å²) in [6, 6.07) is 11.2. The highest BCUT2D eigenvalue weighted by atomic mass is 16.6. The van der Waals surface area contributed by atoms with E-state index in [4.69, 9.17) is 9.47 Å².